The van der Waals surface area contributed by atoms with Gasteiger partial charge in [0.05, 0.1) is 18.2 Å². The molecule has 20 heavy (non-hydrogen) atoms. The van der Waals surface area contributed by atoms with Crippen molar-refractivity contribution >= 4 is 12.0 Å². The number of nitrogens with one attached hydrogen (secondary N) is 2. The van der Waals surface area contributed by atoms with Crippen molar-refractivity contribution < 1.29 is 4.79 Å². The Kier molecular flexibility index (Phi) is 7.11. The van der Waals surface area contributed by atoms with E-state index in [0.717, 1.165) is 18.5 Å². The second kappa shape index (κ2) is 8.91. The lowest BCUT2D eigenvalue weighted by Crippen LogP contribution is -2.20. The minimum Gasteiger partial charge on any atom is -0.349 e. The van der Waals surface area contributed by atoms with E-state index in [4.69, 9.17) is 0 Å². The van der Waals surface area contributed by atoms with Crippen LogP contribution in [0.15, 0.2) is 41.9 Å². The number of hydrogen-bond donors (Lipinski definition) is 2. The van der Waals surface area contributed by atoms with E-state index in [1.807, 2.05) is 0 Å². The van der Waals surface area contributed by atoms with Crippen LogP contribution < -0.4 is 5.32 Å². The maximum Gasteiger partial charge on any atom is 0.244 e. The van der Waals surface area contributed by atoms with Gasteiger partial charge in [-0.1, -0.05) is 23.3 Å². The van der Waals surface area contributed by atoms with E-state index < -0.39 is 0 Å². The highest BCUT2D eigenvalue weighted by molar-refractivity contribution is 5.91. The number of rotatable bonds is 7. The normalized spacial score (nSPS) is 11.7. The maximum absolute atomic E-state index is 11.6. The molecule has 0 saturated carbocycles. The summed E-state index contributed by atoms with van der Waals surface area (Å²) in [4.78, 5) is 18.3. The number of H-pyrrole nitrogens is 1. The van der Waals surface area contributed by atoms with Crippen LogP contribution in [0.5, 0.6) is 0 Å². The van der Waals surface area contributed by atoms with Crippen molar-refractivity contribution in [2.24, 2.45) is 0 Å². The van der Waals surface area contributed by atoms with Crippen LogP contribution in [0, 0.1) is 0 Å². The second-order valence-electron chi connectivity index (χ2n) is 4.96. The standard InChI is InChI=1S/C16H23N3O/c1-13(2)5-4-6-14(3)9-10-18-16(20)8-7-15-11-17-12-19-15/h5,7-9,11-12H,4,6,10H2,1-3H3,(H,17,19)(H,18,20). The van der Waals surface area contributed by atoms with E-state index in [-0.39, 0.29) is 5.91 Å². The van der Waals surface area contributed by atoms with Crippen molar-refractivity contribution in [3.05, 3.63) is 47.6 Å². The fourth-order valence-corrected chi connectivity index (χ4v) is 1.60. The second-order valence-corrected chi connectivity index (χ2v) is 4.96. The van der Waals surface area contributed by atoms with Crippen LogP contribution >= 0.6 is 0 Å². The topological polar surface area (TPSA) is 57.8 Å². The summed E-state index contributed by atoms with van der Waals surface area (Å²) in [5.74, 6) is -0.104. The number of aromatic nitrogens is 2. The zero-order valence-corrected chi connectivity index (χ0v) is 12.4. The van der Waals surface area contributed by atoms with Crippen LogP contribution in [0.1, 0.15) is 39.3 Å². The predicted molar refractivity (Wildman–Crippen MR) is 83.1 cm³/mol. The molecule has 0 aromatic carbocycles. The lowest BCUT2D eigenvalue weighted by atomic mass is 10.1. The Hall–Kier alpha value is -2.10. The van der Waals surface area contributed by atoms with E-state index in [1.54, 1.807) is 18.6 Å². The van der Waals surface area contributed by atoms with Gasteiger partial charge in [-0.3, -0.25) is 4.79 Å². The Morgan fingerprint density at radius 1 is 1.35 bits per heavy atom. The van der Waals surface area contributed by atoms with Gasteiger partial charge in [0.1, 0.15) is 0 Å². The molecule has 1 amide bonds. The van der Waals surface area contributed by atoms with Crippen LogP contribution in [0.4, 0.5) is 0 Å². The molecule has 0 aliphatic heterocycles. The summed E-state index contributed by atoms with van der Waals surface area (Å²) < 4.78 is 0. The average Bonchev–Trinajstić information content (AvgIpc) is 2.89. The number of nitrogens with zero attached hydrogens (tertiary/aromatic N) is 1. The zero-order chi connectivity index (χ0) is 14.8. The molecule has 0 atom stereocenters. The molecule has 0 unspecified atom stereocenters. The number of hydrogen-bond acceptors (Lipinski definition) is 2. The Morgan fingerprint density at radius 3 is 2.80 bits per heavy atom. The number of imidazole rings is 1. The number of carbonyl (C=O) groups excluding carboxylic acids is 1. The first-order valence-electron chi connectivity index (χ1n) is 6.81. The largest absolute Gasteiger partial charge is 0.349 e. The van der Waals surface area contributed by atoms with Crippen LogP contribution in [0.2, 0.25) is 0 Å². The van der Waals surface area contributed by atoms with Gasteiger partial charge in [0.15, 0.2) is 0 Å². The van der Waals surface area contributed by atoms with E-state index >= 15 is 0 Å². The SMILES string of the molecule is CC(C)=CCCC(C)=CCNC(=O)C=Cc1cnc[nH]1. The van der Waals surface area contributed by atoms with Gasteiger partial charge in [-0.05, 0) is 39.7 Å². The van der Waals surface area contributed by atoms with Gasteiger partial charge >= 0.3 is 0 Å². The summed E-state index contributed by atoms with van der Waals surface area (Å²) in [5.41, 5.74) is 3.45. The zero-order valence-electron chi connectivity index (χ0n) is 12.4. The predicted octanol–water partition coefficient (Wildman–Crippen LogP) is 3.23. The van der Waals surface area contributed by atoms with Gasteiger partial charge in [0.25, 0.3) is 0 Å². The molecule has 0 aliphatic rings. The van der Waals surface area contributed by atoms with E-state index in [0.29, 0.717) is 6.54 Å². The van der Waals surface area contributed by atoms with Crippen molar-refractivity contribution in [3.63, 3.8) is 0 Å². The van der Waals surface area contributed by atoms with Gasteiger partial charge in [-0.2, -0.15) is 0 Å². The maximum atomic E-state index is 11.6. The molecule has 4 heteroatoms. The van der Waals surface area contributed by atoms with E-state index in [9.17, 15) is 4.79 Å². The van der Waals surface area contributed by atoms with Gasteiger partial charge < -0.3 is 10.3 Å². The highest BCUT2D eigenvalue weighted by Crippen LogP contribution is 2.05. The number of carbonyl (C=O) groups is 1. The lowest BCUT2D eigenvalue weighted by molar-refractivity contribution is -0.116. The van der Waals surface area contributed by atoms with E-state index in [1.165, 1.54) is 17.2 Å². The third-order valence-electron chi connectivity index (χ3n) is 2.75. The third-order valence-corrected chi connectivity index (χ3v) is 2.75. The van der Waals surface area contributed by atoms with Crippen LogP contribution in [0.25, 0.3) is 6.08 Å². The monoisotopic (exact) mass is 273 g/mol. The molecule has 1 aromatic heterocycles. The summed E-state index contributed by atoms with van der Waals surface area (Å²) >= 11 is 0. The molecule has 1 rings (SSSR count). The third kappa shape index (κ3) is 7.36. The molecule has 2 N–H and O–H groups in total. The molecule has 0 aliphatic carbocycles. The molecule has 1 aromatic rings. The first kappa shape index (κ1) is 16.0. The van der Waals surface area contributed by atoms with E-state index in [2.05, 4.69) is 48.2 Å². The van der Waals surface area contributed by atoms with Gasteiger partial charge in [0.2, 0.25) is 5.91 Å². The summed E-state index contributed by atoms with van der Waals surface area (Å²) in [6.07, 6.45) is 12.8. The quantitative estimate of drug-likeness (QED) is 0.592. The number of aromatic amines is 1. The lowest BCUT2D eigenvalue weighted by Gasteiger charge is -2.01. The fourth-order valence-electron chi connectivity index (χ4n) is 1.60. The molecule has 1 heterocycles. The summed E-state index contributed by atoms with van der Waals surface area (Å²) in [7, 11) is 0. The highest BCUT2D eigenvalue weighted by Gasteiger charge is 1.94. The molecular weight excluding hydrogens is 250 g/mol. The van der Waals surface area contributed by atoms with Crippen molar-refractivity contribution in [1.29, 1.82) is 0 Å². The first-order valence-corrected chi connectivity index (χ1v) is 6.81. The van der Waals surface area contributed by atoms with Gasteiger partial charge in [-0.15, -0.1) is 0 Å². The molecule has 0 fully saturated rings. The molecule has 0 spiro atoms. The Balaban J connectivity index is 2.25. The Morgan fingerprint density at radius 2 is 2.15 bits per heavy atom. The van der Waals surface area contributed by atoms with Crippen LogP contribution in [-0.2, 0) is 4.79 Å². The summed E-state index contributed by atoms with van der Waals surface area (Å²) in [6, 6.07) is 0. The fraction of sp³-hybridized carbons (Fsp3) is 0.375. The molecule has 4 nitrogen and oxygen atoms in total. The highest BCUT2D eigenvalue weighted by atomic mass is 16.1. The van der Waals surface area contributed by atoms with Crippen LogP contribution in [0.3, 0.4) is 0 Å². The molecule has 0 radical (unpaired) electrons. The van der Waals surface area contributed by atoms with Crippen molar-refractivity contribution in [2.75, 3.05) is 6.54 Å². The van der Waals surface area contributed by atoms with Crippen molar-refractivity contribution in [2.45, 2.75) is 33.6 Å². The minimum absolute atomic E-state index is 0.104. The molecular formula is C16H23N3O. The van der Waals surface area contributed by atoms with Crippen LogP contribution in [-0.4, -0.2) is 22.4 Å². The number of amides is 1. The van der Waals surface area contributed by atoms with Gasteiger partial charge in [0, 0.05) is 12.6 Å². The Bertz CT molecular complexity index is 492. The van der Waals surface area contributed by atoms with Crippen molar-refractivity contribution in [1.82, 2.24) is 15.3 Å². The molecule has 0 saturated heterocycles. The van der Waals surface area contributed by atoms with Crippen molar-refractivity contribution in [3.8, 4) is 0 Å². The minimum atomic E-state index is -0.104. The molecule has 0 bridgehead atoms. The average molecular weight is 273 g/mol. The Labute approximate surface area is 120 Å². The number of allylic oxidation sites excluding steroid dienone is 3. The summed E-state index contributed by atoms with van der Waals surface area (Å²) in [6.45, 7) is 6.86. The molecule has 108 valence electrons. The smallest absolute Gasteiger partial charge is 0.244 e. The summed E-state index contributed by atoms with van der Waals surface area (Å²) in [5, 5.41) is 2.82. The van der Waals surface area contributed by atoms with Gasteiger partial charge in [-0.25, -0.2) is 4.98 Å². The first-order chi connectivity index (χ1) is 9.58.